The zero-order valence-electron chi connectivity index (χ0n) is 12.1. The van der Waals surface area contributed by atoms with Crippen LogP contribution in [0.15, 0.2) is 40.2 Å². The zero-order chi connectivity index (χ0) is 14.5. The molecule has 0 aliphatic heterocycles. The zero-order valence-corrected chi connectivity index (χ0v) is 14.5. The van der Waals surface area contributed by atoms with Crippen molar-refractivity contribution in [1.82, 2.24) is 4.90 Å². The number of thiophene rings is 1. The Balaban J connectivity index is 1.98. The summed E-state index contributed by atoms with van der Waals surface area (Å²) in [5.74, 6) is 0.978. The first-order valence-electron chi connectivity index (χ1n) is 6.66. The number of hydrogen-bond acceptors (Lipinski definition) is 3. The van der Waals surface area contributed by atoms with Gasteiger partial charge in [-0.2, -0.15) is 0 Å². The molecule has 20 heavy (non-hydrogen) atoms. The molecule has 1 aromatic heterocycles. The number of benzene rings is 1. The predicted octanol–water partition coefficient (Wildman–Crippen LogP) is 4.58. The summed E-state index contributed by atoms with van der Waals surface area (Å²) in [5, 5.41) is 0. The Bertz CT molecular complexity index is 555. The molecule has 0 amide bonds. The highest BCUT2D eigenvalue weighted by Crippen LogP contribution is 2.25. The van der Waals surface area contributed by atoms with Crippen molar-refractivity contribution in [3.63, 3.8) is 0 Å². The summed E-state index contributed by atoms with van der Waals surface area (Å²) in [7, 11) is 3.91. The number of hydrogen-bond donors (Lipinski definition) is 0. The Hall–Kier alpha value is -0.840. The number of nitrogens with zero attached hydrogens (tertiary/aromatic N) is 1. The number of ether oxygens (including phenoxy) is 1. The van der Waals surface area contributed by atoms with Crippen molar-refractivity contribution in [3.8, 4) is 5.75 Å². The number of likely N-dealkylation sites (N-methyl/N-ethyl adjacent to an activating group) is 1. The van der Waals surface area contributed by atoms with Gasteiger partial charge >= 0.3 is 0 Å². The van der Waals surface area contributed by atoms with Crippen molar-refractivity contribution in [2.45, 2.75) is 25.9 Å². The van der Waals surface area contributed by atoms with E-state index >= 15 is 0 Å². The Morgan fingerprint density at radius 1 is 1.25 bits per heavy atom. The average molecular weight is 354 g/mol. The minimum Gasteiger partial charge on any atom is -0.496 e. The standard InChI is InChI=1S/C16H20BrNOS/c1-12(10-13-6-4-5-7-15(13)19-3)18(2)11-14-8-9-16(17)20-14/h4-9,12H,10-11H2,1-3H3. The van der Waals surface area contributed by atoms with E-state index in [-0.39, 0.29) is 0 Å². The molecule has 0 N–H and O–H groups in total. The van der Waals surface area contributed by atoms with Crippen LogP contribution in [0, 0.1) is 0 Å². The third-order valence-electron chi connectivity index (χ3n) is 3.49. The molecule has 1 atom stereocenters. The van der Waals surface area contributed by atoms with E-state index in [1.54, 1.807) is 18.4 Å². The predicted molar refractivity (Wildman–Crippen MR) is 89.6 cm³/mol. The summed E-state index contributed by atoms with van der Waals surface area (Å²) in [6.07, 6.45) is 0.993. The second kappa shape index (κ2) is 7.25. The fourth-order valence-corrected chi connectivity index (χ4v) is 3.73. The molecule has 0 aliphatic carbocycles. The second-order valence-electron chi connectivity index (χ2n) is 4.99. The summed E-state index contributed by atoms with van der Waals surface area (Å²) in [5.41, 5.74) is 1.27. The Morgan fingerprint density at radius 3 is 2.65 bits per heavy atom. The van der Waals surface area contributed by atoms with Crippen molar-refractivity contribution in [1.29, 1.82) is 0 Å². The topological polar surface area (TPSA) is 12.5 Å². The Morgan fingerprint density at radius 2 is 2.00 bits per heavy atom. The smallest absolute Gasteiger partial charge is 0.122 e. The van der Waals surface area contributed by atoms with Crippen molar-refractivity contribution in [2.24, 2.45) is 0 Å². The van der Waals surface area contributed by atoms with Gasteiger partial charge in [-0.15, -0.1) is 11.3 Å². The molecule has 1 aromatic carbocycles. The number of halogens is 1. The van der Waals surface area contributed by atoms with Gasteiger partial charge in [0.15, 0.2) is 0 Å². The summed E-state index contributed by atoms with van der Waals surface area (Å²) in [6, 6.07) is 13.0. The van der Waals surface area contributed by atoms with E-state index in [2.05, 4.69) is 59.1 Å². The molecule has 0 spiro atoms. The normalized spacial score (nSPS) is 12.7. The molecule has 4 heteroatoms. The summed E-state index contributed by atoms with van der Waals surface area (Å²) < 4.78 is 6.62. The third kappa shape index (κ3) is 4.08. The van der Waals surface area contributed by atoms with Crippen LogP contribution in [0.4, 0.5) is 0 Å². The van der Waals surface area contributed by atoms with Crippen LogP contribution in [0.3, 0.4) is 0 Å². The highest BCUT2D eigenvalue weighted by Gasteiger charge is 2.13. The Labute approximate surface area is 133 Å². The van der Waals surface area contributed by atoms with Gasteiger partial charge < -0.3 is 4.74 Å². The van der Waals surface area contributed by atoms with Gasteiger partial charge in [-0.1, -0.05) is 18.2 Å². The molecule has 0 radical (unpaired) electrons. The molecule has 0 fully saturated rings. The van der Waals surface area contributed by atoms with Crippen LogP contribution < -0.4 is 4.74 Å². The molecule has 0 saturated heterocycles. The maximum atomic E-state index is 5.42. The lowest BCUT2D eigenvalue weighted by molar-refractivity contribution is 0.248. The van der Waals surface area contributed by atoms with E-state index in [0.29, 0.717) is 6.04 Å². The second-order valence-corrected chi connectivity index (χ2v) is 7.53. The SMILES string of the molecule is COc1ccccc1CC(C)N(C)Cc1ccc(Br)s1. The third-order valence-corrected chi connectivity index (χ3v) is 5.10. The van der Waals surface area contributed by atoms with Gasteiger partial charge in [0, 0.05) is 17.5 Å². The van der Waals surface area contributed by atoms with E-state index in [1.807, 2.05) is 12.1 Å². The van der Waals surface area contributed by atoms with E-state index in [0.717, 1.165) is 18.7 Å². The molecule has 1 unspecified atom stereocenters. The van der Waals surface area contributed by atoms with Gasteiger partial charge in [0.1, 0.15) is 5.75 Å². The molecule has 2 rings (SSSR count). The van der Waals surface area contributed by atoms with E-state index in [1.165, 1.54) is 14.2 Å². The van der Waals surface area contributed by atoms with Crippen LogP contribution in [0.2, 0.25) is 0 Å². The molecule has 0 bridgehead atoms. The quantitative estimate of drug-likeness (QED) is 0.753. The first-order valence-corrected chi connectivity index (χ1v) is 8.27. The minimum absolute atomic E-state index is 0.465. The highest BCUT2D eigenvalue weighted by molar-refractivity contribution is 9.11. The van der Waals surface area contributed by atoms with Gasteiger partial charge in [0.25, 0.3) is 0 Å². The Kier molecular flexibility index (Phi) is 5.64. The molecule has 1 heterocycles. The number of methoxy groups -OCH3 is 1. The van der Waals surface area contributed by atoms with Gasteiger partial charge in [-0.3, -0.25) is 4.90 Å². The van der Waals surface area contributed by atoms with Crippen LogP contribution in [-0.4, -0.2) is 25.1 Å². The molecule has 0 saturated carbocycles. The van der Waals surface area contributed by atoms with Gasteiger partial charge in [0.05, 0.1) is 10.9 Å². The van der Waals surface area contributed by atoms with Crippen molar-refractivity contribution in [2.75, 3.05) is 14.2 Å². The van der Waals surface area contributed by atoms with Crippen molar-refractivity contribution < 1.29 is 4.74 Å². The first-order chi connectivity index (χ1) is 9.60. The molecule has 108 valence electrons. The summed E-state index contributed by atoms with van der Waals surface area (Å²) in [4.78, 5) is 3.76. The van der Waals surface area contributed by atoms with Gasteiger partial charge in [0.2, 0.25) is 0 Å². The van der Waals surface area contributed by atoms with Crippen LogP contribution in [0.1, 0.15) is 17.4 Å². The largest absolute Gasteiger partial charge is 0.496 e. The van der Waals surface area contributed by atoms with Gasteiger partial charge in [-0.25, -0.2) is 0 Å². The van der Waals surface area contributed by atoms with Gasteiger partial charge in [-0.05, 0) is 60.1 Å². The highest BCUT2D eigenvalue weighted by atomic mass is 79.9. The maximum absolute atomic E-state index is 5.42. The van der Waals surface area contributed by atoms with E-state index in [9.17, 15) is 0 Å². The van der Waals surface area contributed by atoms with Crippen LogP contribution in [0.25, 0.3) is 0 Å². The van der Waals surface area contributed by atoms with Crippen LogP contribution in [-0.2, 0) is 13.0 Å². The summed E-state index contributed by atoms with van der Waals surface area (Å²) in [6.45, 7) is 3.24. The molecular formula is C16H20BrNOS. The number of para-hydroxylation sites is 1. The lowest BCUT2D eigenvalue weighted by atomic mass is 10.1. The van der Waals surface area contributed by atoms with Crippen molar-refractivity contribution >= 4 is 27.3 Å². The lowest BCUT2D eigenvalue weighted by Gasteiger charge is -2.24. The molecule has 0 aliphatic rings. The van der Waals surface area contributed by atoms with Crippen LogP contribution in [0.5, 0.6) is 5.75 Å². The summed E-state index contributed by atoms with van der Waals surface area (Å²) >= 11 is 5.31. The lowest BCUT2D eigenvalue weighted by Crippen LogP contribution is -2.30. The number of rotatable bonds is 6. The van der Waals surface area contributed by atoms with E-state index < -0.39 is 0 Å². The monoisotopic (exact) mass is 353 g/mol. The fourth-order valence-electron chi connectivity index (χ4n) is 2.18. The maximum Gasteiger partial charge on any atom is 0.122 e. The first kappa shape index (κ1) is 15.5. The minimum atomic E-state index is 0.465. The molecule has 2 nitrogen and oxygen atoms in total. The van der Waals surface area contributed by atoms with Crippen LogP contribution >= 0.6 is 27.3 Å². The molecule has 2 aromatic rings. The van der Waals surface area contributed by atoms with E-state index in [4.69, 9.17) is 4.74 Å². The molecular weight excluding hydrogens is 334 g/mol. The van der Waals surface area contributed by atoms with Crippen molar-refractivity contribution in [3.05, 3.63) is 50.6 Å². The average Bonchev–Trinajstić information content (AvgIpc) is 2.84. The fraction of sp³-hybridized carbons (Fsp3) is 0.375.